The molecular formula is C30H29F2NO2. The molecule has 0 saturated carbocycles. The second kappa shape index (κ2) is 10.4. The average Bonchev–Trinajstić information content (AvgIpc) is 2.86. The maximum absolute atomic E-state index is 14.7. The molecule has 0 unspecified atom stereocenters. The molecular weight excluding hydrogens is 444 g/mol. The molecule has 1 fully saturated rings. The van der Waals surface area contributed by atoms with Crippen LogP contribution in [0.4, 0.5) is 8.78 Å². The number of hydrogen-bond donors (Lipinski definition) is 1. The lowest BCUT2D eigenvalue weighted by Crippen LogP contribution is -2.33. The molecule has 35 heavy (non-hydrogen) atoms. The molecule has 0 amide bonds. The summed E-state index contributed by atoms with van der Waals surface area (Å²) in [5.74, 6) is -0.225. The number of phenols is 1. The Bertz CT molecular complexity index is 1290. The van der Waals surface area contributed by atoms with Crippen molar-refractivity contribution in [3.63, 3.8) is 0 Å². The van der Waals surface area contributed by atoms with Crippen LogP contribution in [-0.4, -0.2) is 36.2 Å². The first-order valence-corrected chi connectivity index (χ1v) is 12.2. The number of ether oxygens (including phenoxy) is 1. The van der Waals surface area contributed by atoms with Crippen LogP contribution in [0.25, 0.3) is 21.9 Å². The van der Waals surface area contributed by atoms with Crippen LogP contribution < -0.4 is 4.74 Å². The maximum atomic E-state index is 14.7. The zero-order valence-corrected chi connectivity index (χ0v) is 19.6. The van der Waals surface area contributed by atoms with Gasteiger partial charge < -0.3 is 9.84 Å². The van der Waals surface area contributed by atoms with E-state index in [-0.39, 0.29) is 11.3 Å². The van der Waals surface area contributed by atoms with Crippen molar-refractivity contribution in [2.24, 2.45) is 0 Å². The SMILES string of the molecule is Oc1ccc2c(Cc3ccc(OCCN4CCCCC4)cc3)c(-c3c(F)cccc3F)ccc2c1. The van der Waals surface area contributed by atoms with Gasteiger partial charge in [-0.2, -0.15) is 0 Å². The maximum Gasteiger partial charge on any atom is 0.133 e. The Morgan fingerprint density at radius 1 is 0.829 bits per heavy atom. The topological polar surface area (TPSA) is 32.7 Å². The number of fused-ring (bicyclic) bond motifs is 1. The average molecular weight is 474 g/mol. The first-order valence-electron chi connectivity index (χ1n) is 12.2. The molecule has 0 bridgehead atoms. The van der Waals surface area contributed by atoms with Crippen LogP contribution in [0.5, 0.6) is 11.5 Å². The molecule has 180 valence electrons. The molecule has 1 saturated heterocycles. The van der Waals surface area contributed by atoms with Crippen LogP contribution in [0, 0.1) is 11.6 Å². The second-order valence-corrected chi connectivity index (χ2v) is 9.17. The van der Waals surface area contributed by atoms with Gasteiger partial charge in [-0.15, -0.1) is 0 Å². The first kappa shape index (κ1) is 23.3. The van der Waals surface area contributed by atoms with Crippen LogP contribution in [0.2, 0.25) is 0 Å². The molecule has 1 aliphatic heterocycles. The molecule has 1 N–H and O–H groups in total. The summed E-state index contributed by atoms with van der Waals surface area (Å²) < 4.78 is 35.4. The Hall–Kier alpha value is -3.44. The van der Waals surface area contributed by atoms with Crippen LogP contribution in [-0.2, 0) is 6.42 Å². The normalized spacial score (nSPS) is 14.3. The summed E-state index contributed by atoms with van der Waals surface area (Å²) in [5, 5.41) is 11.6. The van der Waals surface area contributed by atoms with Gasteiger partial charge in [-0.3, -0.25) is 4.90 Å². The fourth-order valence-corrected chi connectivity index (χ4v) is 4.94. The molecule has 0 radical (unpaired) electrons. The van der Waals surface area contributed by atoms with Crippen molar-refractivity contribution in [1.29, 1.82) is 0 Å². The standard InChI is InChI=1S/C30H29F2NO2/c31-28-5-4-6-29(32)30(28)26-13-9-22-20-23(34)10-14-25(22)27(26)19-21-7-11-24(12-8-21)35-18-17-33-15-2-1-3-16-33/h4-14,20,34H,1-3,15-19H2. The zero-order chi connectivity index (χ0) is 24.2. The molecule has 5 rings (SSSR count). The van der Waals surface area contributed by atoms with Gasteiger partial charge in [-0.1, -0.05) is 42.8 Å². The minimum absolute atomic E-state index is 0.0323. The van der Waals surface area contributed by atoms with Crippen molar-refractivity contribution in [1.82, 2.24) is 4.90 Å². The van der Waals surface area contributed by atoms with Gasteiger partial charge in [0.25, 0.3) is 0 Å². The van der Waals surface area contributed by atoms with Crippen molar-refractivity contribution >= 4 is 10.8 Å². The van der Waals surface area contributed by atoms with E-state index in [9.17, 15) is 13.9 Å². The highest BCUT2D eigenvalue weighted by molar-refractivity contribution is 5.93. The fraction of sp³-hybridized carbons (Fsp3) is 0.267. The van der Waals surface area contributed by atoms with E-state index in [4.69, 9.17) is 4.74 Å². The molecule has 1 aliphatic rings. The summed E-state index contributed by atoms with van der Waals surface area (Å²) in [6, 6.07) is 20.4. The Kier molecular flexibility index (Phi) is 6.96. The number of rotatable bonds is 7. The van der Waals surface area contributed by atoms with Gasteiger partial charge in [0.15, 0.2) is 0 Å². The molecule has 0 atom stereocenters. The van der Waals surface area contributed by atoms with Gasteiger partial charge in [-0.05, 0) is 96.2 Å². The lowest BCUT2D eigenvalue weighted by molar-refractivity contribution is 0.183. The monoisotopic (exact) mass is 473 g/mol. The lowest BCUT2D eigenvalue weighted by Gasteiger charge is -2.26. The van der Waals surface area contributed by atoms with Crippen LogP contribution in [0.15, 0.2) is 72.8 Å². The van der Waals surface area contributed by atoms with E-state index >= 15 is 0 Å². The highest BCUT2D eigenvalue weighted by atomic mass is 19.1. The van der Waals surface area contributed by atoms with Crippen LogP contribution in [0.3, 0.4) is 0 Å². The van der Waals surface area contributed by atoms with Gasteiger partial charge in [0, 0.05) is 6.54 Å². The van der Waals surface area contributed by atoms with E-state index < -0.39 is 11.6 Å². The van der Waals surface area contributed by atoms with E-state index in [1.54, 1.807) is 30.3 Å². The minimum atomic E-state index is -0.596. The first-order chi connectivity index (χ1) is 17.1. The van der Waals surface area contributed by atoms with Crippen molar-refractivity contribution in [2.45, 2.75) is 25.7 Å². The molecule has 1 heterocycles. The molecule has 5 heteroatoms. The number of benzene rings is 4. The van der Waals surface area contributed by atoms with Gasteiger partial charge in [-0.25, -0.2) is 8.78 Å². The van der Waals surface area contributed by atoms with Crippen molar-refractivity contribution in [2.75, 3.05) is 26.2 Å². The zero-order valence-electron chi connectivity index (χ0n) is 19.6. The number of halogens is 2. The summed E-state index contributed by atoms with van der Waals surface area (Å²) >= 11 is 0. The summed E-state index contributed by atoms with van der Waals surface area (Å²) in [6.45, 7) is 3.89. The third-order valence-electron chi connectivity index (χ3n) is 6.78. The van der Waals surface area contributed by atoms with E-state index in [1.807, 2.05) is 24.3 Å². The smallest absolute Gasteiger partial charge is 0.133 e. The molecule has 4 aromatic carbocycles. The van der Waals surface area contributed by atoms with Crippen molar-refractivity contribution < 1.29 is 18.6 Å². The van der Waals surface area contributed by atoms with Gasteiger partial charge in [0.2, 0.25) is 0 Å². The Labute approximate surface area is 204 Å². The fourth-order valence-electron chi connectivity index (χ4n) is 4.94. The molecule has 3 nitrogen and oxygen atoms in total. The highest BCUT2D eigenvalue weighted by Crippen LogP contribution is 2.36. The summed E-state index contributed by atoms with van der Waals surface area (Å²) in [4.78, 5) is 2.44. The van der Waals surface area contributed by atoms with Crippen molar-refractivity contribution in [3.8, 4) is 22.6 Å². The molecule has 0 aromatic heterocycles. The lowest BCUT2D eigenvalue weighted by atomic mass is 9.89. The quantitative estimate of drug-likeness (QED) is 0.315. The third-order valence-corrected chi connectivity index (χ3v) is 6.78. The summed E-state index contributed by atoms with van der Waals surface area (Å²) in [6.07, 6.45) is 4.34. The number of hydrogen-bond acceptors (Lipinski definition) is 3. The molecule has 0 aliphatic carbocycles. The highest BCUT2D eigenvalue weighted by Gasteiger charge is 2.18. The van der Waals surface area contributed by atoms with E-state index in [0.29, 0.717) is 18.6 Å². The number of aromatic hydroxyl groups is 1. The minimum Gasteiger partial charge on any atom is -0.508 e. The largest absolute Gasteiger partial charge is 0.508 e. The van der Waals surface area contributed by atoms with Gasteiger partial charge in [0.1, 0.15) is 29.7 Å². The second-order valence-electron chi connectivity index (χ2n) is 9.17. The van der Waals surface area contributed by atoms with Crippen LogP contribution in [0.1, 0.15) is 30.4 Å². The third kappa shape index (κ3) is 5.30. The van der Waals surface area contributed by atoms with Gasteiger partial charge in [0.05, 0.1) is 5.56 Å². The Morgan fingerprint density at radius 2 is 1.57 bits per heavy atom. The predicted octanol–water partition coefficient (Wildman–Crippen LogP) is 6.95. The van der Waals surface area contributed by atoms with Crippen molar-refractivity contribution in [3.05, 3.63) is 95.6 Å². The number of piperidine rings is 1. The summed E-state index contributed by atoms with van der Waals surface area (Å²) in [7, 11) is 0. The molecule has 4 aromatic rings. The van der Waals surface area contributed by atoms with E-state index in [2.05, 4.69) is 4.90 Å². The summed E-state index contributed by atoms with van der Waals surface area (Å²) in [5.41, 5.74) is 2.30. The van der Waals surface area contributed by atoms with Crippen LogP contribution >= 0.6 is 0 Å². The molecule has 0 spiro atoms. The Balaban J connectivity index is 1.41. The van der Waals surface area contributed by atoms with E-state index in [0.717, 1.165) is 47.3 Å². The van der Waals surface area contributed by atoms with Gasteiger partial charge >= 0.3 is 0 Å². The predicted molar refractivity (Wildman–Crippen MR) is 136 cm³/mol. The van der Waals surface area contributed by atoms with E-state index in [1.165, 1.54) is 37.5 Å². The number of nitrogens with zero attached hydrogens (tertiary/aromatic N) is 1. The number of phenolic OH excluding ortho intramolecular Hbond substituents is 1. The Morgan fingerprint density at radius 3 is 2.31 bits per heavy atom. The number of likely N-dealkylation sites (tertiary alicyclic amines) is 1.